The van der Waals surface area contributed by atoms with Gasteiger partial charge in [0.25, 0.3) is 0 Å². The maximum absolute atomic E-state index is 8.99. The predicted molar refractivity (Wildman–Crippen MR) is 56.1 cm³/mol. The number of nitrogens with zero attached hydrogens (tertiary/aromatic N) is 1. The van der Waals surface area contributed by atoms with Crippen LogP contribution in [0.25, 0.3) is 0 Å². The summed E-state index contributed by atoms with van der Waals surface area (Å²) < 4.78 is 5.50. The van der Waals surface area contributed by atoms with Crippen molar-refractivity contribution in [3.8, 4) is 0 Å². The summed E-state index contributed by atoms with van der Waals surface area (Å²) in [5.74, 6) is 0.823. The van der Waals surface area contributed by atoms with E-state index < -0.39 is 0 Å². The van der Waals surface area contributed by atoms with Crippen LogP contribution in [0.1, 0.15) is 12.8 Å². The first kappa shape index (κ1) is 11.9. The lowest BCUT2D eigenvalue weighted by atomic mass is 10.3. The molecule has 0 amide bonds. The summed E-state index contributed by atoms with van der Waals surface area (Å²) in [6.07, 6.45) is 2.66. The summed E-state index contributed by atoms with van der Waals surface area (Å²) in [5.41, 5.74) is 5.50. The zero-order valence-electron chi connectivity index (χ0n) is 8.98. The fourth-order valence-corrected chi connectivity index (χ4v) is 1.32. The van der Waals surface area contributed by atoms with Gasteiger partial charge in [0.05, 0.1) is 13.2 Å². The minimum absolute atomic E-state index is 0.0690. The van der Waals surface area contributed by atoms with Crippen LogP contribution < -0.4 is 5.73 Å². The Kier molecular flexibility index (Phi) is 5.40. The molecule has 1 saturated carbocycles. The topological polar surface area (TPSA) is 58.7 Å². The molecular formula is C10H22N2O2. The van der Waals surface area contributed by atoms with Crippen molar-refractivity contribution in [3.63, 3.8) is 0 Å². The van der Waals surface area contributed by atoms with Gasteiger partial charge in [-0.1, -0.05) is 0 Å². The first-order valence-electron chi connectivity index (χ1n) is 5.36. The number of aliphatic hydroxyl groups excluding tert-OH is 1. The Morgan fingerprint density at radius 1 is 1.57 bits per heavy atom. The molecule has 1 aliphatic carbocycles. The van der Waals surface area contributed by atoms with E-state index in [1.165, 1.54) is 12.8 Å². The third-order valence-electron chi connectivity index (χ3n) is 2.74. The molecule has 0 spiro atoms. The second-order valence-electron chi connectivity index (χ2n) is 4.07. The van der Waals surface area contributed by atoms with Crippen molar-refractivity contribution in [3.05, 3.63) is 0 Å². The third-order valence-corrected chi connectivity index (χ3v) is 2.74. The van der Waals surface area contributed by atoms with E-state index in [4.69, 9.17) is 15.6 Å². The fraction of sp³-hybridized carbons (Fsp3) is 1.00. The van der Waals surface area contributed by atoms with Gasteiger partial charge in [-0.2, -0.15) is 0 Å². The van der Waals surface area contributed by atoms with Gasteiger partial charge in [-0.3, -0.25) is 4.90 Å². The van der Waals surface area contributed by atoms with Crippen molar-refractivity contribution in [1.29, 1.82) is 0 Å². The summed E-state index contributed by atoms with van der Waals surface area (Å²) in [7, 11) is 1.97. The minimum Gasteiger partial charge on any atom is -0.395 e. The Morgan fingerprint density at radius 2 is 2.29 bits per heavy atom. The van der Waals surface area contributed by atoms with Gasteiger partial charge in [0, 0.05) is 25.7 Å². The van der Waals surface area contributed by atoms with Gasteiger partial charge in [-0.25, -0.2) is 0 Å². The lowest BCUT2D eigenvalue weighted by Gasteiger charge is -2.24. The van der Waals surface area contributed by atoms with Crippen LogP contribution in [-0.4, -0.2) is 56.0 Å². The van der Waals surface area contributed by atoms with Crippen LogP contribution in [0.2, 0.25) is 0 Å². The summed E-state index contributed by atoms with van der Waals surface area (Å²) in [6, 6.07) is 0.0690. The van der Waals surface area contributed by atoms with Gasteiger partial charge in [-0.15, -0.1) is 0 Å². The van der Waals surface area contributed by atoms with E-state index >= 15 is 0 Å². The smallest absolute Gasteiger partial charge is 0.0599 e. The lowest BCUT2D eigenvalue weighted by molar-refractivity contribution is 0.0784. The van der Waals surface area contributed by atoms with Crippen LogP contribution in [0.5, 0.6) is 0 Å². The van der Waals surface area contributed by atoms with E-state index in [1.807, 2.05) is 11.9 Å². The monoisotopic (exact) mass is 202 g/mol. The quantitative estimate of drug-likeness (QED) is 0.529. The Bertz CT molecular complexity index is 147. The largest absolute Gasteiger partial charge is 0.395 e. The number of nitrogens with two attached hydrogens (primary N) is 1. The molecule has 0 aromatic heterocycles. The molecule has 1 atom stereocenters. The summed E-state index contributed by atoms with van der Waals surface area (Å²) in [4.78, 5) is 2.05. The molecule has 14 heavy (non-hydrogen) atoms. The van der Waals surface area contributed by atoms with E-state index in [2.05, 4.69) is 0 Å². The van der Waals surface area contributed by atoms with Crippen LogP contribution in [0, 0.1) is 5.92 Å². The summed E-state index contributed by atoms with van der Waals surface area (Å²) >= 11 is 0. The van der Waals surface area contributed by atoms with Crippen molar-refractivity contribution in [1.82, 2.24) is 4.90 Å². The van der Waals surface area contributed by atoms with Crippen molar-refractivity contribution in [2.45, 2.75) is 18.9 Å². The van der Waals surface area contributed by atoms with Crippen molar-refractivity contribution in [2.75, 3.05) is 40.0 Å². The molecule has 0 aromatic rings. The molecule has 0 aromatic carbocycles. The molecule has 0 radical (unpaired) electrons. The van der Waals surface area contributed by atoms with E-state index in [1.54, 1.807) is 0 Å². The molecule has 4 heteroatoms. The molecule has 84 valence electrons. The highest BCUT2D eigenvalue weighted by atomic mass is 16.5. The second kappa shape index (κ2) is 6.35. The van der Waals surface area contributed by atoms with E-state index in [9.17, 15) is 0 Å². The number of hydrogen-bond acceptors (Lipinski definition) is 4. The average Bonchev–Trinajstić information content (AvgIpc) is 2.98. The molecule has 3 N–H and O–H groups in total. The molecule has 4 nitrogen and oxygen atoms in total. The first-order chi connectivity index (χ1) is 6.77. The predicted octanol–water partition coefficient (Wildman–Crippen LogP) is -0.336. The Labute approximate surface area is 86.0 Å². The standard InChI is InChI=1S/C10H22N2O2/c1-12(10(6-11)7-13)4-5-14-8-9-2-3-9/h9-10,13H,2-8,11H2,1H3. The van der Waals surface area contributed by atoms with Crippen LogP contribution in [0.15, 0.2) is 0 Å². The number of rotatable bonds is 8. The van der Waals surface area contributed by atoms with E-state index in [0.717, 1.165) is 25.7 Å². The maximum Gasteiger partial charge on any atom is 0.0599 e. The zero-order chi connectivity index (χ0) is 10.4. The van der Waals surface area contributed by atoms with Crippen molar-refractivity contribution in [2.24, 2.45) is 11.7 Å². The van der Waals surface area contributed by atoms with Crippen LogP contribution in [0.3, 0.4) is 0 Å². The highest BCUT2D eigenvalue weighted by Crippen LogP contribution is 2.28. The molecule has 0 heterocycles. The molecule has 1 aliphatic rings. The second-order valence-corrected chi connectivity index (χ2v) is 4.07. The van der Waals surface area contributed by atoms with Gasteiger partial charge in [0.1, 0.15) is 0 Å². The van der Waals surface area contributed by atoms with Gasteiger partial charge < -0.3 is 15.6 Å². The number of aliphatic hydroxyl groups is 1. The van der Waals surface area contributed by atoms with Crippen molar-refractivity contribution < 1.29 is 9.84 Å². The van der Waals surface area contributed by atoms with Crippen LogP contribution in [0.4, 0.5) is 0 Å². The van der Waals surface area contributed by atoms with E-state index in [0.29, 0.717) is 6.54 Å². The molecule has 0 saturated heterocycles. The number of ether oxygens (including phenoxy) is 1. The van der Waals surface area contributed by atoms with Crippen molar-refractivity contribution >= 4 is 0 Å². The Balaban J connectivity index is 1.97. The zero-order valence-corrected chi connectivity index (χ0v) is 8.98. The highest BCUT2D eigenvalue weighted by molar-refractivity contribution is 4.72. The van der Waals surface area contributed by atoms with Gasteiger partial charge in [0.15, 0.2) is 0 Å². The highest BCUT2D eigenvalue weighted by Gasteiger charge is 2.21. The lowest BCUT2D eigenvalue weighted by Crippen LogP contribution is -2.42. The first-order valence-corrected chi connectivity index (χ1v) is 5.36. The van der Waals surface area contributed by atoms with Crippen LogP contribution in [-0.2, 0) is 4.74 Å². The van der Waals surface area contributed by atoms with Gasteiger partial charge >= 0.3 is 0 Å². The molecule has 0 aliphatic heterocycles. The minimum atomic E-state index is 0.0690. The van der Waals surface area contributed by atoms with Crippen LogP contribution >= 0.6 is 0 Å². The summed E-state index contributed by atoms with van der Waals surface area (Å²) in [6.45, 7) is 3.10. The molecular weight excluding hydrogens is 180 g/mol. The van der Waals surface area contributed by atoms with Gasteiger partial charge in [-0.05, 0) is 25.8 Å². The van der Waals surface area contributed by atoms with E-state index in [-0.39, 0.29) is 12.6 Å². The Morgan fingerprint density at radius 3 is 2.79 bits per heavy atom. The number of hydrogen-bond donors (Lipinski definition) is 2. The Hall–Kier alpha value is -0.160. The molecule has 1 rings (SSSR count). The average molecular weight is 202 g/mol. The molecule has 1 fully saturated rings. The molecule has 0 bridgehead atoms. The SMILES string of the molecule is CN(CCOCC1CC1)C(CN)CO. The summed E-state index contributed by atoms with van der Waals surface area (Å²) in [5, 5.41) is 8.99. The third kappa shape index (κ3) is 4.37. The maximum atomic E-state index is 8.99. The normalized spacial score (nSPS) is 18.9. The van der Waals surface area contributed by atoms with Gasteiger partial charge in [0.2, 0.25) is 0 Å². The fourth-order valence-electron chi connectivity index (χ4n) is 1.32. The molecule has 1 unspecified atom stereocenters. The number of likely N-dealkylation sites (N-methyl/N-ethyl adjacent to an activating group) is 1.